The first-order valence-electron chi connectivity index (χ1n) is 9.43. The minimum atomic E-state index is 1.16. The van der Waals surface area contributed by atoms with Crippen molar-refractivity contribution in [3.05, 3.63) is 0 Å². The molecule has 4 aliphatic rings. The fourth-order valence-electron chi connectivity index (χ4n) is 6.45. The zero-order valence-corrected chi connectivity index (χ0v) is 13.2. The summed E-state index contributed by atoms with van der Waals surface area (Å²) in [6, 6.07) is 0. The van der Waals surface area contributed by atoms with Crippen LogP contribution in [0.1, 0.15) is 84.5 Å². The zero-order chi connectivity index (χ0) is 13.2. The summed E-state index contributed by atoms with van der Waals surface area (Å²) in [6.45, 7) is 4.00. The third-order valence-electron chi connectivity index (χ3n) is 7.08. The van der Waals surface area contributed by atoms with Crippen LogP contribution in [-0.2, 0) is 0 Å². The zero-order valence-electron chi connectivity index (χ0n) is 13.2. The monoisotopic (exact) mass is 262 g/mol. The van der Waals surface area contributed by atoms with Crippen LogP contribution in [0.15, 0.2) is 0 Å². The molecule has 0 nitrogen and oxygen atoms in total. The van der Waals surface area contributed by atoms with E-state index in [1.807, 2.05) is 13.8 Å². The molecule has 0 saturated heterocycles. The molecule has 0 aromatic rings. The smallest absolute Gasteiger partial charge is 0.0352 e. The summed E-state index contributed by atoms with van der Waals surface area (Å²) in [5.74, 6) is 7.02. The molecule has 4 aliphatic carbocycles. The third kappa shape index (κ3) is 2.49. The second-order valence-corrected chi connectivity index (χ2v) is 7.55. The van der Waals surface area contributed by atoms with Gasteiger partial charge in [-0.2, -0.15) is 0 Å². The summed E-state index contributed by atoms with van der Waals surface area (Å²) in [7, 11) is 0. The maximum absolute atomic E-state index is 2.00. The van der Waals surface area contributed by atoms with Crippen molar-refractivity contribution in [2.75, 3.05) is 0 Å². The van der Waals surface area contributed by atoms with Gasteiger partial charge in [0.1, 0.15) is 0 Å². The molecule has 0 bridgehead atoms. The molecule has 0 aromatic carbocycles. The molecule has 110 valence electrons. The lowest BCUT2D eigenvalue weighted by atomic mass is 9.54. The maximum atomic E-state index is 2.00. The number of hydrogen-bond donors (Lipinski definition) is 0. The lowest BCUT2D eigenvalue weighted by Gasteiger charge is -2.51. The molecule has 3 unspecified atom stereocenters. The van der Waals surface area contributed by atoms with Gasteiger partial charge in [0.15, 0.2) is 0 Å². The first kappa shape index (κ1) is 14.0. The van der Waals surface area contributed by atoms with Crippen LogP contribution in [0.4, 0.5) is 0 Å². The van der Waals surface area contributed by atoms with E-state index in [0.717, 1.165) is 11.8 Å². The van der Waals surface area contributed by atoms with Crippen LogP contribution in [-0.4, -0.2) is 0 Å². The Morgan fingerprint density at radius 2 is 0.895 bits per heavy atom. The second kappa shape index (κ2) is 6.19. The van der Waals surface area contributed by atoms with E-state index in [0.29, 0.717) is 0 Å². The van der Waals surface area contributed by atoms with E-state index in [2.05, 4.69) is 0 Å². The fourth-order valence-corrected chi connectivity index (χ4v) is 6.45. The van der Waals surface area contributed by atoms with Crippen LogP contribution in [0, 0.1) is 35.5 Å². The van der Waals surface area contributed by atoms with E-state index in [9.17, 15) is 0 Å². The maximum Gasteiger partial charge on any atom is -0.0352 e. The Morgan fingerprint density at radius 3 is 1.53 bits per heavy atom. The molecule has 4 saturated carbocycles. The lowest BCUT2D eigenvalue weighted by Crippen LogP contribution is -2.43. The highest BCUT2D eigenvalue weighted by Gasteiger charge is 2.48. The first-order valence-corrected chi connectivity index (χ1v) is 9.43. The third-order valence-corrected chi connectivity index (χ3v) is 7.08. The van der Waals surface area contributed by atoms with Gasteiger partial charge >= 0.3 is 0 Å². The van der Waals surface area contributed by atoms with E-state index in [1.165, 1.54) is 23.7 Å². The topological polar surface area (TPSA) is 0 Å². The number of rotatable bonds is 0. The van der Waals surface area contributed by atoms with Gasteiger partial charge in [-0.25, -0.2) is 0 Å². The Kier molecular flexibility index (Phi) is 4.54. The van der Waals surface area contributed by atoms with E-state index >= 15 is 0 Å². The predicted molar refractivity (Wildman–Crippen MR) is 83.1 cm³/mol. The largest absolute Gasteiger partial charge is 0.0683 e. The highest BCUT2D eigenvalue weighted by Crippen LogP contribution is 2.57. The Balaban J connectivity index is 0.000000528. The van der Waals surface area contributed by atoms with Gasteiger partial charge in [0, 0.05) is 0 Å². The minimum Gasteiger partial charge on any atom is -0.0683 e. The van der Waals surface area contributed by atoms with Crippen LogP contribution in [0.2, 0.25) is 0 Å². The van der Waals surface area contributed by atoms with Gasteiger partial charge in [0.05, 0.1) is 0 Å². The molecule has 0 N–H and O–H groups in total. The molecular weight excluding hydrogens is 228 g/mol. The number of hydrogen-bond acceptors (Lipinski definition) is 0. The van der Waals surface area contributed by atoms with Gasteiger partial charge in [0.2, 0.25) is 0 Å². The summed E-state index contributed by atoms with van der Waals surface area (Å²) in [4.78, 5) is 0. The Hall–Kier alpha value is 0. The molecule has 0 spiro atoms. The van der Waals surface area contributed by atoms with Crippen molar-refractivity contribution in [2.24, 2.45) is 35.5 Å². The standard InChI is InChI=1S/C17H28.C2H6/c1-2-6-14-12(4-1)8-10-17-15-7-3-5-13(15)9-11-16(14)17;1-2/h12-17H,1-11H2;1-2H3/t12?,13-,14-,15?,16?,17-;/m0./s1. The van der Waals surface area contributed by atoms with Crippen LogP contribution in [0.25, 0.3) is 0 Å². The Labute approximate surface area is 120 Å². The van der Waals surface area contributed by atoms with Crippen molar-refractivity contribution in [1.82, 2.24) is 0 Å². The molecule has 6 atom stereocenters. The highest BCUT2D eigenvalue weighted by molar-refractivity contribution is 4.98. The highest BCUT2D eigenvalue weighted by atomic mass is 14.5. The molecule has 0 aromatic heterocycles. The molecule has 4 rings (SSSR count). The van der Waals surface area contributed by atoms with Crippen LogP contribution >= 0.6 is 0 Å². The fraction of sp³-hybridized carbons (Fsp3) is 1.00. The average Bonchev–Trinajstić information content (AvgIpc) is 2.97. The van der Waals surface area contributed by atoms with Crippen LogP contribution in [0.5, 0.6) is 0 Å². The van der Waals surface area contributed by atoms with Crippen molar-refractivity contribution in [3.63, 3.8) is 0 Å². The molecule has 4 fully saturated rings. The van der Waals surface area contributed by atoms with E-state index in [-0.39, 0.29) is 0 Å². The van der Waals surface area contributed by atoms with E-state index in [1.54, 1.807) is 70.6 Å². The molecule has 0 heteroatoms. The van der Waals surface area contributed by atoms with Crippen LogP contribution < -0.4 is 0 Å². The van der Waals surface area contributed by atoms with Gasteiger partial charge in [-0.1, -0.05) is 46.0 Å². The van der Waals surface area contributed by atoms with E-state index in [4.69, 9.17) is 0 Å². The van der Waals surface area contributed by atoms with Crippen molar-refractivity contribution in [1.29, 1.82) is 0 Å². The Morgan fingerprint density at radius 1 is 0.421 bits per heavy atom. The van der Waals surface area contributed by atoms with Crippen LogP contribution in [0.3, 0.4) is 0 Å². The summed E-state index contributed by atoms with van der Waals surface area (Å²) in [6.07, 6.45) is 17.5. The lowest BCUT2D eigenvalue weighted by molar-refractivity contribution is -0.0184. The summed E-state index contributed by atoms with van der Waals surface area (Å²) < 4.78 is 0. The van der Waals surface area contributed by atoms with Gasteiger partial charge < -0.3 is 0 Å². The van der Waals surface area contributed by atoms with Crippen molar-refractivity contribution in [3.8, 4) is 0 Å². The molecule has 19 heavy (non-hydrogen) atoms. The molecule has 0 amide bonds. The molecule has 0 aliphatic heterocycles. The van der Waals surface area contributed by atoms with Gasteiger partial charge in [0.25, 0.3) is 0 Å². The summed E-state index contributed by atoms with van der Waals surface area (Å²) in [5, 5.41) is 0. The minimum absolute atomic E-state index is 1.16. The van der Waals surface area contributed by atoms with Crippen molar-refractivity contribution < 1.29 is 0 Å². The first-order chi connectivity index (χ1) is 9.43. The summed E-state index contributed by atoms with van der Waals surface area (Å²) >= 11 is 0. The quantitative estimate of drug-likeness (QED) is 0.498. The predicted octanol–water partition coefficient (Wildman–Crippen LogP) is 6.06. The van der Waals surface area contributed by atoms with E-state index < -0.39 is 0 Å². The normalized spacial score (nSPS) is 48.3. The number of fused-ring (bicyclic) bond motifs is 5. The molecular formula is C19H34. The molecule has 0 heterocycles. The SMILES string of the molecule is C1CC[C@H]2C(C1)CC[C@H]1C3CCC[C@H]3CCC21.CC. The second-order valence-electron chi connectivity index (χ2n) is 7.55. The van der Waals surface area contributed by atoms with Crippen molar-refractivity contribution in [2.45, 2.75) is 84.5 Å². The van der Waals surface area contributed by atoms with Crippen molar-refractivity contribution >= 4 is 0 Å². The summed E-state index contributed by atoms with van der Waals surface area (Å²) in [5.41, 5.74) is 0. The van der Waals surface area contributed by atoms with Gasteiger partial charge in [-0.15, -0.1) is 0 Å². The van der Waals surface area contributed by atoms with Gasteiger partial charge in [-0.05, 0) is 74.0 Å². The Bertz CT molecular complexity index is 282. The molecule has 0 radical (unpaired) electrons. The average molecular weight is 262 g/mol. The van der Waals surface area contributed by atoms with Gasteiger partial charge in [-0.3, -0.25) is 0 Å².